The number of carbonyl (C=O) groups is 1. The number of ketones is 1. The number of hydrogen-bond donors (Lipinski definition) is 2. The number of quaternary nitrogens is 1. The van der Waals surface area contributed by atoms with E-state index in [1.165, 1.54) is 4.90 Å². The topological polar surface area (TPSA) is 41.7 Å². The van der Waals surface area contributed by atoms with E-state index >= 15 is 0 Å². The molecule has 1 saturated heterocycles. The molecule has 4 atom stereocenters. The molecule has 1 heterocycles. The molecule has 1 aliphatic rings. The molecule has 1 fully saturated rings. The van der Waals surface area contributed by atoms with Crippen molar-refractivity contribution in [2.24, 2.45) is 0 Å². The number of rotatable bonds is 6. The second kappa shape index (κ2) is 8.41. The lowest BCUT2D eigenvalue weighted by atomic mass is 9.88. The van der Waals surface area contributed by atoms with Gasteiger partial charge in [-0.25, -0.2) is 0 Å². The number of likely N-dealkylation sites (tertiary alicyclic amines) is 1. The van der Waals surface area contributed by atoms with Crippen LogP contribution < -0.4 is 4.90 Å². The maximum atomic E-state index is 12.5. The van der Waals surface area contributed by atoms with Gasteiger partial charge in [0.1, 0.15) is 0 Å². The largest absolute Gasteiger partial charge is 0.388 e. The lowest BCUT2D eigenvalue weighted by Gasteiger charge is -2.37. The summed E-state index contributed by atoms with van der Waals surface area (Å²) in [6, 6.07) is 20.2. The molecule has 0 aliphatic carbocycles. The SMILES string of the molecule is C[NH+]1[C@@H](C[C@@H](O)c2ccccc2)CCC[C@H]1CC(=O)c1ccccc1. The van der Waals surface area contributed by atoms with Crippen molar-refractivity contribution < 1.29 is 14.8 Å². The van der Waals surface area contributed by atoms with Crippen LogP contribution in [0.25, 0.3) is 0 Å². The van der Waals surface area contributed by atoms with Crippen molar-refractivity contribution in [1.82, 2.24) is 0 Å². The molecule has 0 spiro atoms. The molecule has 3 nitrogen and oxygen atoms in total. The number of nitrogens with one attached hydrogen (secondary N) is 1. The van der Waals surface area contributed by atoms with Crippen LogP contribution in [-0.4, -0.2) is 30.0 Å². The molecule has 132 valence electrons. The second-order valence-corrected chi connectivity index (χ2v) is 7.22. The normalized spacial score (nSPS) is 24.6. The Bertz CT molecular complexity index is 671. The average molecular weight is 338 g/mol. The summed E-state index contributed by atoms with van der Waals surface area (Å²) >= 11 is 0. The fraction of sp³-hybridized carbons (Fsp3) is 0.409. The molecule has 1 aliphatic heterocycles. The Morgan fingerprint density at radius 3 is 2.32 bits per heavy atom. The Kier molecular flexibility index (Phi) is 6.00. The molecule has 3 rings (SSSR count). The van der Waals surface area contributed by atoms with E-state index in [0.29, 0.717) is 18.5 Å². The van der Waals surface area contributed by atoms with Crippen molar-refractivity contribution in [1.29, 1.82) is 0 Å². The zero-order valence-electron chi connectivity index (χ0n) is 14.9. The highest BCUT2D eigenvalue weighted by Crippen LogP contribution is 2.22. The van der Waals surface area contributed by atoms with Crippen LogP contribution >= 0.6 is 0 Å². The first kappa shape index (κ1) is 17.8. The summed E-state index contributed by atoms with van der Waals surface area (Å²) in [6.07, 6.45) is 4.26. The number of Topliss-reactive ketones (excluding diaryl/α,β-unsaturated/α-hetero) is 1. The lowest BCUT2D eigenvalue weighted by Crippen LogP contribution is -3.17. The molecule has 2 aromatic rings. The quantitative estimate of drug-likeness (QED) is 0.795. The van der Waals surface area contributed by atoms with Gasteiger partial charge in [-0.2, -0.15) is 0 Å². The van der Waals surface area contributed by atoms with Crippen LogP contribution in [0.1, 0.15) is 54.1 Å². The Labute approximate surface area is 150 Å². The summed E-state index contributed by atoms with van der Waals surface area (Å²) in [6.45, 7) is 0. The second-order valence-electron chi connectivity index (χ2n) is 7.22. The van der Waals surface area contributed by atoms with Crippen LogP contribution in [-0.2, 0) is 0 Å². The standard InChI is InChI=1S/C22H27NO2/c1-23-19(15-21(24)17-9-4-2-5-10-17)13-8-14-20(23)16-22(25)18-11-6-3-7-12-18/h2-7,9-12,19-21,24H,8,13-16H2,1H3/p+1/t19-,20+,21-/m1/s1. The highest BCUT2D eigenvalue weighted by atomic mass is 16.3. The van der Waals surface area contributed by atoms with Crippen molar-refractivity contribution in [3.8, 4) is 0 Å². The van der Waals surface area contributed by atoms with E-state index in [4.69, 9.17) is 0 Å². The highest BCUT2D eigenvalue weighted by Gasteiger charge is 2.34. The first-order chi connectivity index (χ1) is 12.1. The van der Waals surface area contributed by atoms with Crippen LogP contribution in [0.2, 0.25) is 0 Å². The van der Waals surface area contributed by atoms with Crippen molar-refractivity contribution in [2.45, 2.75) is 50.3 Å². The smallest absolute Gasteiger partial charge is 0.168 e. The molecule has 2 N–H and O–H groups in total. The summed E-state index contributed by atoms with van der Waals surface area (Å²) in [5.74, 6) is 0.231. The maximum Gasteiger partial charge on any atom is 0.168 e. The van der Waals surface area contributed by atoms with Gasteiger partial charge in [0.05, 0.1) is 31.7 Å². The zero-order chi connectivity index (χ0) is 17.6. The number of benzene rings is 2. The number of aliphatic hydroxyl groups is 1. The Morgan fingerprint density at radius 1 is 1.04 bits per heavy atom. The minimum Gasteiger partial charge on any atom is -0.388 e. The molecular formula is C22H28NO2+. The van der Waals surface area contributed by atoms with Crippen LogP contribution in [0.4, 0.5) is 0 Å². The fourth-order valence-electron chi connectivity index (χ4n) is 4.01. The van der Waals surface area contributed by atoms with Crippen LogP contribution in [0.5, 0.6) is 0 Å². The summed E-state index contributed by atoms with van der Waals surface area (Å²) in [5.41, 5.74) is 1.79. The van der Waals surface area contributed by atoms with E-state index in [-0.39, 0.29) is 5.78 Å². The van der Waals surface area contributed by atoms with Gasteiger partial charge in [-0.3, -0.25) is 4.79 Å². The van der Waals surface area contributed by atoms with E-state index in [9.17, 15) is 9.90 Å². The van der Waals surface area contributed by atoms with Crippen LogP contribution in [0.15, 0.2) is 60.7 Å². The van der Waals surface area contributed by atoms with E-state index in [1.807, 2.05) is 60.7 Å². The zero-order valence-corrected chi connectivity index (χ0v) is 14.9. The van der Waals surface area contributed by atoms with Gasteiger partial charge in [-0.1, -0.05) is 60.7 Å². The van der Waals surface area contributed by atoms with E-state index < -0.39 is 6.10 Å². The van der Waals surface area contributed by atoms with E-state index in [0.717, 1.165) is 36.8 Å². The monoisotopic (exact) mass is 338 g/mol. The predicted octanol–water partition coefficient (Wildman–Crippen LogP) is 2.82. The minimum atomic E-state index is -0.426. The maximum absolute atomic E-state index is 12.5. The van der Waals surface area contributed by atoms with Crippen molar-refractivity contribution in [2.75, 3.05) is 7.05 Å². The predicted molar refractivity (Wildman–Crippen MR) is 99.7 cm³/mol. The van der Waals surface area contributed by atoms with E-state index in [1.54, 1.807) is 0 Å². The van der Waals surface area contributed by atoms with E-state index in [2.05, 4.69) is 7.05 Å². The summed E-state index contributed by atoms with van der Waals surface area (Å²) in [5, 5.41) is 10.6. The first-order valence-corrected chi connectivity index (χ1v) is 9.29. The van der Waals surface area contributed by atoms with Gasteiger partial charge in [0.2, 0.25) is 0 Å². The van der Waals surface area contributed by atoms with Gasteiger partial charge in [0.15, 0.2) is 5.78 Å². The van der Waals surface area contributed by atoms with Gasteiger partial charge < -0.3 is 10.0 Å². The van der Waals surface area contributed by atoms with Gasteiger partial charge in [0.25, 0.3) is 0 Å². The number of piperidine rings is 1. The molecule has 0 amide bonds. The van der Waals surface area contributed by atoms with Gasteiger partial charge in [0, 0.05) is 18.4 Å². The molecule has 25 heavy (non-hydrogen) atoms. The number of hydrogen-bond acceptors (Lipinski definition) is 2. The Hall–Kier alpha value is -1.97. The van der Waals surface area contributed by atoms with Crippen molar-refractivity contribution >= 4 is 5.78 Å². The molecule has 0 bridgehead atoms. The number of carbonyl (C=O) groups excluding carboxylic acids is 1. The fourth-order valence-corrected chi connectivity index (χ4v) is 4.01. The van der Waals surface area contributed by atoms with Gasteiger partial charge >= 0.3 is 0 Å². The van der Waals surface area contributed by atoms with Gasteiger partial charge in [-0.05, 0) is 18.4 Å². The Morgan fingerprint density at radius 2 is 1.64 bits per heavy atom. The molecule has 2 aromatic carbocycles. The molecule has 0 aromatic heterocycles. The lowest BCUT2D eigenvalue weighted by molar-refractivity contribution is -0.936. The van der Waals surface area contributed by atoms with Gasteiger partial charge in [-0.15, -0.1) is 0 Å². The first-order valence-electron chi connectivity index (χ1n) is 9.29. The minimum absolute atomic E-state index is 0.231. The number of aliphatic hydroxyl groups excluding tert-OH is 1. The van der Waals surface area contributed by atoms with Crippen LogP contribution in [0.3, 0.4) is 0 Å². The molecule has 1 unspecified atom stereocenters. The average Bonchev–Trinajstić information content (AvgIpc) is 2.66. The third-order valence-corrected chi connectivity index (χ3v) is 5.61. The van der Waals surface area contributed by atoms with Crippen molar-refractivity contribution in [3.05, 3.63) is 71.8 Å². The molecule has 3 heteroatoms. The summed E-state index contributed by atoms with van der Waals surface area (Å²) in [7, 11) is 2.18. The molecule has 0 saturated carbocycles. The molecular weight excluding hydrogens is 310 g/mol. The molecule has 0 radical (unpaired) electrons. The summed E-state index contributed by atoms with van der Waals surface area (Å²) in [4.78, 5) is 13.9. The highest BCUT2D eigenvalue weighted by molar-refractivity contribution is 5.96. The van der Waals surface area contributed by atoms with Crippen molar-refractivity contribution in [3.63, 3.8) is 0 Å². The van der Waals surface area contributed by atoms with Crippen LogP contribution in [0, 0.1) is 0 Å². The summed E-state index contributed by atoms with van der Waals surface area (Å²) < 4.78 is 0. The third kappa shape index (κ3) is 4.56. The third-order valence-electron chi connectivity index (χ3n) is 5.61. The Balaban J connectivity index is 1.61.